The molecule has 19 heavy (non-hydrogen) atoms. The summed E-state index contributed by atoms with van der Waals surface area (Å²) in [7, 11) is 0. The van der Waals surface area contributed by atoms with Gasteiger partial charge in [0, 0.05) is 30.2 Å². The van der Waals surface area contributed by atoms with Gasteiger partial charge in [-0.2, -0.15) is 0 Å². The van der Waals surface area contributed by atoms with Crippen LogP contribution < -0.4 is 5.32 Å². The average molecular weight is 265 g/mol. The molecule has 0 aliphatic heterocycles. The van der Waals surface area contributed by atoms with Crippen LogP contribution in [0.2, 0.25) is 0 Å². The lowest BCUT2D eigenvalue weighted by Crippen LogP contribution is -2.34. The van der Waals surface area contributed by atoms with Gasteiger partial charge in [0.15, 0.2) is 0 Å². The van der Waals surface area contributed by atoms with E-state index in [-0.39, 0.29) is 29.1 Å². The second-order valence-corrected chi connectivity index (χ2v) is 4.04. The number of carbonyl (C=O) groups is 3. The van der Waals surface area contributed by atoms with Gasteiger partial charge in [0.1, 0.15) is 24.8 Å². The molecule has 6 nitrogen and oxygen atoms in total. The van der Waals surface area contributed by atoms with Crippen LogP contribution in [-0.2, 0) is 4.79 Å². The number of hydrogen-bond acceptors (Lipinski definition) is 5. The topological polar surface area (TPSA) is 104 Å². The van der Waals surface area contributed by atoms with Gasteiger partial charge in [-0.25, -0.2) is 0 Å². The molecule has 102 valence electrons. The Morgan fingerprint density at radius 2 is 1.79 bits per heavy atom. The van der Waals surface area contributed by atoms with Gasteiger partial charge >= 0.3 is 0 Å². The fourth-order valence-corrected chi connectivity index (χ4v) is 1.70. The number of aliphatic hydroxyl groups is 2. The highest BCUT2D eigenvalue weighted by molar-refractivity contribution is 5.86. The van der Waals surface area contributed by atoms with Gasteiger partial charge in [-0.05, 0) is 0 Å². The van der Waals surface area contributed by atoms with Crippen LogP contribution in [0.3, 0.4) is 0 Å². The fraction of sp³-hybridized carbons (Fsp3) is 0.308. The summed E-state index contributed by atoms with van der Waals surface area (Å²) in [6.07, 6.45) is -1.76. The number of nitrogens with one attached hydrogen (secondary N) is 1. The molecule has 0 saturated heterocycles. The minimum absolute atomic E-state index is 0.0605. The SMILES string of the molecule is CC(=O)NCC(O)C(O)c1c(C=O)cccc1C=O. The molecule has 1 aromatic rings. The van der Waals surface area contributed by atoms with Gasteiger partial charge in [-0.1, -0.05) is 18.2 Å². The maximum absolute atomic E-state index is 10.9. The summed E-state index contributed by atoms with van der Waals surface area (Å²) in [5.41, 5.74) is 0.309. The van der Waals surface area contributed by atoms with Crippen molar-refractivity contribution in [1.29, 1.82) is 0 Å². The molecule has 2 unspecified atom stereocenters. The number of hydrogen-bond donors (Lipinski definition) is 3. The van der Waals surface area contributed by atoms with E-state index in [1.165, 1.54) is 25.1 Å². The lowest BCUT2D eigenvalue weighted by Gasteiger charge is -2.21. The van der Waals surface area contributed by atoms with Crippen molar-refractivity contribution in [3.8, 4) is 0 Å². The van der Waals surface area contributed by atoms with Gasteiger partial charge in [0.05, 0.1) is 0 Å². The molecule has 2 atom stereocenters. The van der Waals surface area contributed by atoms with Gasteiger partial charge in [0.2, 0.25) is 5.91 Å². The van der Waals surface area contributed by atoms with Crippen LogP contribution in [0.1, 0.15) is 39.3 Å². The Kier molecular flexibility index (Phi) is 5.35. The monoisotopic (exact) mass is 265 g/mol. The number of carbonyl (C=O) groups excluding carboxylic acids is 3. The van der Waals surface area contributed by atoms with Crippen LogP contribution in [0.5, 0.6) is 0 Å². The summed E-state index contributed by atoms with van der Waals surface area (Å²) in [4.78, 5) is 32.6. The summed E-state index contributed by atoms with van der Waals surface area (Å²) < 4.78 is 0. The average Bonchev–Trinajstić information content (AvgIpc) is 2.42. The Balaban J connectivity index is 3.03. The number of benzene rings is 1. The minimum atomic E-state index is -1.44. The predicted molar refractivity (Wildman–Crippen MR) is 66.9 cm³/mol. The van der Waals surface area contributed by atoms with Gasteiger partial charge < -0.3 is 15.5 Å². The van der Waals surface area contributed by atoms with E-state index in [0.717, 1.165) is 0 Å². The van der Waals surface area contributed by atoms with E-state index in [4.69, 9.17) is 0 Å². The van der Waals surface area contributed by atoms with Gasteiger partial charge in [0.25, 0.3) is 0 Å². The second-order valence-electron chi connectivity index (χ2n) is 4.04. The maximum Gasteiger partial charge on any atom is 0.216 e. The number of aldehydes is 2. The first-order valence-electron chi connectivity index (χ1n) is 5.65. The highest BCUT2D eigenvalue weighted by Gasteiger charge is 2.23. The number of aliphatic hydroxyl groups excluding tert-OH is 2. The Morgan fingerprint density at radius 1 is 1.26 bits per heavy atom. The van der Waals surface area contributed by atoms with Crippen molar-refractivity contribution in [3.05, 3.63) is 34.9 Å². The molecule has 0 aliphatic carbocycles. The normalized spacial score (nSPS) is 13.4. The lowest BCUT2D eigenvalue weighted by molar-refractivity contribution is -0.119. The largest absolute Gasteiger partial charge is 0.388 e. The first-order chi connectivity index (χ1) is 9.01. The molecule has 0 fully saturated rings. The molecule has 0 saturated carbocycles. The first kappa shape index (κ1) is 15.0. The van der Waals surface area contributed by atoms with Crippen LogP contribution in [0, 0.1) is 0 Å². The van der Waals surface area contributed by atoms with E-state index in [0.29, 0.717) is 12.6 Å². The second kappa shape index (κ2) is 6.77. The van der Waals surface area contributed by atoms with E-state index in [2.05, 4.69) is 5.32 Å². The minimum Gasteiger partial charge on any atom is -0.388 e. The third kappa shape index (κ3) is 3.70. The lowest BCUT2D eigenvalue weighted by atomic mass is 9.94. The Hall–Kier alpha value is -2.05. The molecule has 0 radical (unpaired) electrons. The molecule has 0 spiro atoms. The van der Waals surface area contributed by atoms with E-state index in [1.807, 2.05) is 0 Å². The molecule has 0 aromatic heterocycles. The quantitative estimate of drug-likeness (QED) is 0.620. The van der Waals surface area contributed by atoms with Crippen molar-refractivity contribution >= 4 is 18.5 Å². The van der Waals surface area contributed by atoms with E-state index in [9.17, 15) is 24.6 Å². The molecule has 0 aliphatic rings. The summed E-state index contributed by atoms with van der Waals surface area (Å²) in [6, 6.07) is 4.37. The molecule has 6 heteroatoms. The van der Waals surface area contributed by atoms with Crippen molar-refractivity contribution in [2.24, 2.45) is 0 Å². The van der Waals surface area contributed by atoms with E-state index >= 15 is 0 Å². The van der Waals surface area contributed by atoms with Crippen molar-refractivity contribution in [3.63, 3.8) is 0 Å². The Labute approximate surface area is 110 Å². The number of amides is 1. The van der Waals surface area contributed by atoms with Crippen LogP contribution in [0.4, 0.5) is 0 Å². The fourth-order valence-electron chi connectivity index (χ4n) is 1.70. The molecule has 1 rings (SSSR count). The zero-order valence-electron chi connectivity index (χ0n) is 10.4. The standard InChI is InChI=1S/C13H15NO5/c1-8(17)14-5-11(18)13(19)12-9(6-15)3-2-4-10(12)7-16/h2-4,6-7,11,13,18-19H,5H2,1H3,(H,14,17). The number of rotatable bonds is 6. The summed E-state index contributed by atoms with van der Waals surface area (Å²) in [5, 5.41) is 22.1. The Morgan fingerprint density at radius 3 is 2.21 bits per heavy atom. The van der Waals surface area contributed by atoms with Crippen molar-refractivity contribution in [2.75, 3.05) is 6.54 Å². The Bertz CT molecular complexity index is 460. The van der Waals surface area contributed by atoms with Gasteiger partial charge in [-0.15, -0.1) is 0 Å². The molecule has 0 bridgehead atoms. The molecule has 1 aromatic carbocycles. The molecular formula is C13H15NO5. The van der Waals surface area contributed by atoms with Crippen LogP contribution >= 0.6 is 0 Å². The first-order valence-corrected chi connectivity index (χ1v) is 5.65. The zero-order valence-corrected chi connectivity index (χ0v) is 10.4. The maximum atomic E-state index is 10.9. The molecule has 0 heterocycles. The highest BCUT2D eigenvalue weighted by atomic mass is 16.3. The van der Waals surface area contributed by atoms with Gasteiger partial charge in [-0.3, -0.25) is 14.4 Å². The summed E-state index contributed by atoms with van der Waals surface area (Å²) in [6.45, 7) is 1.09. The van der Waals surface area contributed by atoms with Crippen LogP contribution in [0.15, 0.2) is 18.2 Å². The predicted octanol–water partition coefficient (Wildman–Crippen LogP) is -0.158. The summed E-state index contributed by atoms with van der Waals surface area (Å²) >= 11 is 0. The molecular weight excluding hydrogens is 250 g/mol. The zero-order chi connectivity index (χ0) is 14.4. The summed E-state index contributed by atoms with van der Waals surface area (Å²) in [5.74, 6) is -0.356. The highest BCUT2D eigenvalue weighted by Crippen LogP contribution is 2.23. The molecule has 3 N–H and O–H groups in total. The van der Waals surface area contributed by atoms with Crippen LogP contribution in [0.25, 0.3) is 0 Å². The molecule has 1 amide bonds. The van der Waals surface area contributed by atoms with E-state index in [1.54, 1.807) is 0 Å². The van der Waals surface area contributed by atoms with Crippen molar-refractivity contribution in [1.82, 2.24) is 5.32 Å². The van der Waals surface area contributed by atoms with Crippen molar-refractivity contribution in [2.45, 2.75) is 19.1 Å². The van der Waals surface area contributed by atoms with Crippen LogP contribution in [-0.4, -0.2) is 41.3 Å². The van der Waals surface area contributed by atoms with E-state index < -0.39 is 12.2 Å². The smallest absolute Gasteiger partial charge is 0.216 e. The third-order valence-corrected chi connectivity index (χ3v) is 2.65. The van der Waals surface area contributed by atoms with Crippen molar-refractivity contribution < 1.29 is 24.6 Å². The third-order valence-electron chi connectivity index (χ3n) is 2.65.